The van der Waals surface area contributed by atoms with Crippen LogP contribution < -0.4 is 9.62 Å². The Morgan fingerprint density at radius 1 is 1.09 bits per heavy atom. The number of thioether (sulfide) groups is 1. The van der Waals surface area contributed by atoms with E-state index < -0.39 is 10.0 Å². The topological polar surface area (TPSA) is 96.0 Å². The number of hydrogen-bond donors (Lipinski definition) is 1. The number of anilines is 1. The number of rotatable bonds is 11. The molecule has 8 nitrogen and oxygen atoms in total. The lowest BCUT2D eigenvalue weighted by molar-refractivity contribution is -0.119. The van der Waals surface area contributed by atoms with Crippen molar-refractivity contribution < 1.29 is 22.7 Å². The standard InChI is InChI=1S/C25H33N3O5S2/c1-20-6-3-4-7-22(20)19-34-17-5-12-26-24(29)18-28(35(2,31)32)23-10-8-21(9-11-23)25(30)27-13-15-33-16-14-27/h3-4,6-11H,5,12-19H2,1-2H3,(H,26,29). The third-order valence-corrected chi connectivity index (χ3v) is 7.93. The lowest BCUT2D eigenvalue weighted by atomic mass is 10.1. The van der Waals surface area contributed by atoms with E-state index in [4.69, 9.17) is 4.74 Å². The summed E-state index contributed by atoms with van der Waals surface area (Å²) in [5, 5.41) is 2.81. The number of carbonyl (C=O) groups excluding carboxylic acids is 2. The maximum atomic E-state index is 12.6. The van der Waals surface area contributed by atoms with Gasteiger partial charge in [-0.1, -0.05) is 24.3 Å². The predicted octanol–water partition coefficient (Wildman–Crippen LogP) is 2.67. The molecule has 35 heavy (non-hydrogen) atoms. The van der Waals surface area contributed by atoms with Crippen molar-refractivity contribution in [1.29, 1.82) is 0 Å². The van der Waals surface area contributed by atoms with Gasteiger partial charge in [-0.15, -0.1) is 0 Å². The first-order chi connectivity index (χ1) is 16.8. The average molecular weight is 520 g/mol. The van der Waals surface area contributed by atoms with Crippen molar-refractivity contribution in [2.45, 2.75) is 19.1 Å². The Balaban J connectivity index is 1.48. The van der Waals surface area contributed by atoms with Gasteiger partial charge in [0.05, 0.1) is 25.2 Å². The molecule has 2 aromatic carbocycles. The van der Waals surface area contributed by atoms with Gasteiger partial charge in [-0.05, 0) is 54.5 Å². The van der Waals surface area contributed by atoms with Crippen LogP contribution in [0.2, 0.25) is 0 Å². The van der Waals surface area contributed by atoms with Gasteiger partial charge in [0.25, 0.3) is 5.91 Å². The molecule has 2 aromatic rings. The van der Waals surface area contributed by atoms with Crippen LogP contribution in [0.25, 0.3) is 0 Å². The summed E-state index contributed by atoms with van der Waals surface area (Å²) in [7, 11) is -3.68. The molecule has 1 saturated heterocycles. The van der Waals surface area contributed by atoms with Crippen LogP contribution in [-0.2, 0) is 25.3 Å². The molecule has 0 bridgehead atoms. The first kappa shape index (κ1) is 27.0. The van der Waals surface area contributed by atoms with Gasteiger partial charge >= 0.3 is 0 Å². The van der Waals surface area contributed by atoms with Crippen molar-refractivity contribution in [2.24, 2.45) is 0 Å². The number of benzene rings is 2. The molecule has 0 atom stereocenters. The minimum atomic E-state index is -3.68. The fourth-order valence-corrected chi connectivity index (χ4v) is 5.55. The Hall–Kier alpha value is -2.56. The Bertz CT molecular complexity index is 1100. The van der Waals surface area contributed by atoms with Crippen LogP contribution in [0.15, 0.2) is 48.5 Å². The minimum absolute atomic E-state index is 0.121. The van der Waals surface area contributed by atoms with Gasteiger partial charge in [-0.25, -0.2) is 8.42 Å². The number of morpholine rings is 1. The molecular weight excluding hydrogens is 486 g/mol. The largest absolute Gasteiger partial charge is 0.378 e. The average Bonchev–Trinajstić information content (AvgIpc) is 2.85. The summed E-state index contributed by atoms with van der Waals surface area (Å²) in [6.07, 6.45) is 1.86. The Kier molecular flexibility index (Phi) is 10.00. The van der Waals surface area contributed by atoms with Gasteiger partial charge in [0.2, 0.25) is 15.9 Å². The molecule has 1 aliphatic rings. The SMILES string of the molecule is Cc1ccccc1CSCCCNC(=O)CN(c1ccc(C(=O)N2CCOCC2)cc1)S(C)(=O)=O. The number of nitrogens with one attached hydrogen (secondary N) is 1. The maximum Gasteiger partial charge on any atom is 0.254 e. The van der Waals surface area contributed by atoms with Gasteiger partial charge in [-0.2, -0.15) is 11.8 Å². The molecule has 1 heterocycles. The summed E-state index contributed by atoms with van der Waals surface area (Å²) in [4.78, 5) is 26.8. The van der Waals surface area contributed by atoms with E-state index in [9.17, 15) is 18.0 Å². The van der Waals surface area contributed by atoms with Gasteiger partial charge < -0.3 is 15.0 Å². The molecule has 0 spiro atoms. The maximum absolute atomic E-state index is 12.6. The number of nitrogens with zero attached hydrogens (tertiary/aromatic N) is 2. The van der Waals surface area contributed by atoms with E-state index in [1.54, 1.807) is 40.9 Å². The molecule has 3 rings (SSSR count). The molecule has 1 fully saturated rings. The Labute approximate surface area is 212 Å². The third-order valence-electron chi connectivity index (χ3n) is 5.69. The van der Waals surface area contributed by atoms with E-state index >= 15 is 0 Å². The number of carbonyl (C=O) groups is 2. The summed E-state index contributed by atoms with van der Waals surface area (Å²) >= 11 is 1.81. The van der Waals surface area contributed by atoms with Crippen LogP contribution in [0.4, 0.5) is 5.69 Å². The van der Waals surface area contributed by atoms with Crippen molar-refractivity contribution in [2.75, 3.05) is 55.7 Å². The van der Waals surface area contributed by atoms with Crippen LogP contribution in [0.5, 0.6) is 0 Å². The van der Waals surface area contributed by atoms with E-state index in [2.05, 4.69) is 24.4 Å². The van der Waals surface area contributed by atoms with Crippen molar-refractivity contribution in [3.05, 3.63) is 65.2 Å². The highest BCUT2D eigenvalue weighted by Gasteiger charge is 2.22. The Morgan fingerprint density at radius 3 is 2.43 bits per heavy atom. The zero-order valence-corrected chi connectivity index (χ0v) is 21.9. The number of ether oxygens (including phenoxy) is 1. The predicted molar refractivity (Wildman–Crippen MR) is 140 cm³/mol. The molecule has 0 saturated carbocycles. The van der Waals surface area contributed by atoms with Gasteiger partial charge in [0.15, 0.2) is 0 Å². The van der Waals surface area contributed by atoms with E-state index in [1.807, 2.05) is 12.1 Å². The van der Waals surface area contributed by atoms with Crippen LogP contribution in [0.1, 0.15) is 27.9 Å². The second-order valence-corrected chi connectivity index (χ2v) is 11.4. The summed E-state index contributed by atoms with van der Waals surface area (Å²) in [5.74, 6) is 1.33. The summed E-state index contributed by atoms with van der Waals surface area (Å²) in [6, 6.07) is 14.6. The summed E-state index contributed by atoms with van der Waals surface area (Å²) in [5.41, 5.74) is 3.39. The smallest absolute Gasteiger partial charge is 0.254 e. The first-order valence-electron chi connectivity index (χ1n) is 11.6. The van der Waals surface area contributed by atoms with Crippen LogP contribution in [0, 0.1) is 6.92 Å². The number of sulfonamides is 1. The molecule has 0 radical (unpaired) electrons. The monoisotopic (exact) mass is 519 g/mol. The third kappa shape index (κ3) is 8.26. The number of hydrogen-bond acceptors (Lipinski definition) is 6. The van der Waals surface area contributed by atoms with Crippen LogP contribution in [-0.4, -0.2) is 76.5 Å². The van der Waals surface area contributed by atoms with Crippen molar-refractivity contribution in [3.8, 4) is 0 Å². The van der Waals surface area contributed by atoms with Crippen molar-refractivity contribution in [1.82, 2.24) is 10.2 Å². The highest BCUT2D eigenvalue weighted by atomic mass is 32.2. The molecule has 0 aromatic heterocycles. The van der Waals surface area contributed by atoms with Crippen LogP contribution in [0.3, 0.4) is 0 Å². The zero-order valence-electron chi connectivity index (χ0n) is 20.2. The molecule has 2 amide bonds. The quantitative estimate of drug-likeness (QED) is 0.459. The fraction of sp³-hybridized carbons (Fsp3) is 0.440. The Morgan fingerprint density at radius 2 is 1.77 bits per heavy atom. The second kappa shape index (κ2) is 12.9. The molecule has 1 aliphatic heterocycles. The molecule has 0 aliphatic carbocycles. The second-order valence-electron chi connectivity index (χ2n) is 8.40. The molecule has 10 heteroatoms. The zero-order chi connectivity index (χ0) is 25.3. The van der Waals surface area contributed by atoms with E-state index in [0.717, 1.165) is 28.5 Å². The van der Waals surface area contributed by atoms with Crippen molar-refractivity contribution >= 4 is 39.3 Å². The van der Waals surface area contributed by atoms with Crippen LogP contribution >= 0.6 is 11.8 Å². The highest BCUT2D eigenvalue weighted by Crippen LogP contribution is 2.20. The summed E-state index contributed by atoms with van der Waals surface area (Å²) in [6.45, 7) is 4.33. The number of aryl methyl sites for hydroxylation is 1. The number of amides is 2. The lowest BCUT2D eigenvalue weighted by Crippen LogP contribution is -2.41. The highest BCUT2D eigenvalue weighted by molar-refractivity contribution is 7.98. The van der Waals surface area contributed by atoms with Gasteiger partial charge in [0, 0.05) is 31.0 Å². The molecule has 1 N–H and O–H groups in total. The fourth-order valence-electron chi connectivity index (χ4n) is 3.66. The molecular formula is C25H33N3O5S2. The first-order valence-corrected chi connectivity index (χ1v) is 14.6. The van der Waals surface area contributed by atoms with Gasteiger partial charge in [0.1, 0.15) is 6.54 Å². The van der Waals surface area contributed by atoms with Crippen molar-refractivity contribution in [3.63, 3.8) is 0 Å². The normalized spacial score (nSPS) is 13.9. The molecule has 0 unspecified atom stereocenters. The molecule has 190 valence electrons. The lowest BCUT2D eigenvalue weighted by Gasteiger charge is -2.27. The van der Waals surface area contributed by atoms with E-state index in [-0.39, 0.29) is 18.4 Å². The minimum Gasteiger partial charge on any atom is -0.378 e. The van der Waals surface area contributed by atoms with E-state index in [1.165, 1.54) is 11.1 Å². The van der Waals surface area contributed by atoms with E-state index in [0.29, 0.717) is 44.1 Å². The van der Waals surface area contributed by atoms with Gasteiger partial charge in [-0.3, -0.25) is 13.9 Å². The summed E-state index contributed by atoms with van der Waals surface area (Å²) < 4.78 is 31.1.